The Morgan fingerprint density at radius 1 is 0.632 bits per heavy atom. The number of fused-ring (bicyclic) bond motifs is 2. The monoisotopic (exact) mass is 894 g/mol. The maximum atomic E-state index is 5.57. The number of aromatic nitrogens is 4. The van der Waals surface area contributed by atoms with Gasteiger partial charge in [-0.15, -0.1) is 10.2 Å². The lowest BCUT2D eigenvalue weighted by Gasteiger charge is -2.31. The number of likely N-dealkylation sites (N-methyl/N-ethyl adjacent to an activating group) is 2. The van der Waals surface area contributed by atoms with Gasteiger partial charge in [0.1, 0.15) is 24.3 Å². The molecule has 1 fully saturated rings. The summed E-state index contributed by atoms with van der Waals surface area (Å²) in [5.41, 5.74) is 4.91. The summed E-state index contributed by atoms with van der Waals surface area (Å²) in [5, 5.41) is 30.5. The smallest absolute Gasteiger partial charge is 0.141 e. The van der Waals surface area contributed by atoms with Crippen molar-refractivity contribution in [3.05, 3.63) is 107 Å². The Labute approximate surface area is 348 Å². The third-order valence-electron chi connectivity index (χ3n) is 9.35. The second-order valence-corrected chi connectivity index (χ2v) is 15.4. The molecule has 0 spiro atoms. The summed E-state index contributed by atoms with van der Waals surface area (Å²) < 4.78 is 7.54. The van der Waals surface area contributed by atoms with Crippen LogP contribution in [0.4, 0.5) is 34.4 Å². The van der Waals surface area contributed by atoms with Crippen molar-refractivity contribution in [2.24, 2.45) is 20.7 Å². The first kappa shape index (κ1) is 40.0. The van der Waals surface area contributed by atoms with E-state index in [4.69, 9.17) is 4.74 Å². The predicted molar refractivity (Wildman–Crippen MR) is 232 cm³/mol. The number of benzene rings is 4. The van der Waals surface area contributed by atoms with Gasteiger partial charge in [-0.05, 0) is 72.8 Å². The third kappa shape index (κ3) is 11.7. The molecule has 0 amide bonds. The molecule has 0 aliphatic carbocycles. The highest BCUT2D eigenvalue weighted by Crippen LogP contribution is 2.30. The van der Waals surface area contributed by atoms with Crippen molar-refractivity contribution < 1.29 is 4.74 Å². The van der Waals surface area contributed by atoms with Gasteiger partial charge in [0.15, 0.2) is 0 Å². The van der Waals surface area contributed by atoms with Crippen LogP contribution >= 0.6 is 31.9 Å². The van der Waals surface area contributed by atoms with E-state index in [-0.39, 0.29) is 0 Å². The van der Waals surface area contributed by atoms with E-state index in [0.29, 0.717) is 36.1 Å². The second kappa shape index (κ2) is 19.8. The maximum Gasteiger partial charge on any atom is 0.141 e. The molecule has 0 saturated carbocycles. The van der Waals surface area contributed by atoms with Gasteiger partial charge in [0.05, 0.1) is 48.7 Å². The lowest BCUT2D eigenvalue weighted by atomic mass is 10.2. The number of anilines is 4. The van der Waals surface area contributed by atoms with Gasteiger partial charge in [-0.1, -0.05) is 54.4 Å². The molecule has 0 radical (unpaired) electrons. The highest BCUT2D eigenvalue weighted by molar-refractivity contribution is 9.10. The number of morpholine rings is 1. The molecule has 57 heavy (non-hydrogen) atoms. The van der Waals surface area contributed by atoms with Crippen molar-refractivity contribution in [2.45, 2.75) is 0 Å². The molecular weight excluding hydrogens is 852 g/mol. The standard InChI is InChI=1S/C40H44Br2N14O/c1-53(51-49-33-9-11-37-35(25-33)39(45-27-43-37)47-31-7-3-5-29(41)23-31)13-15-55(17-18-56-19-21-57-22-20-56)16-14-54(2)52-50-34-10-12-38-36(26-34)40(46-28-44-38)48-32-8-4-6-30(42)24-32/h3-12,23-28H,13-22H2,1-2H3,(H,43,45,47)(H,44,46,48). The van der Waals surface area contributed by atoms with Crippen LogP contribution in [0.5, 0.6) is 0 Å². The van der Waals surface area contributed by atoms with E-state index in [1.165, 1.54) is 0 Å². The minimum atomic E-state index is 0.694. The molecule has 1 aliphatic rings. The number of hydrogen-bond acceptors (Lipinski definition) is 13. The fourth-order valence-corrected chi connectivity index (χ4v) is 6.98. The average molecular weight is 897 g/mol. The molecule has 294 valence electrons. The molecule has 1 aliphatic heterocycles. The fourth-order valence-electron chi connectivity index (χ4n) is 6.18. The van der Waals surface area contributed by atoms with Crippen LogP contribution in [-0.4, -0.2) is 119 Å². The van der Waals surface area contributed by atoms with Crippen LogP contribution in [0.3, 0.4) is 0 Å². The van der Waals surface area contributed by atoms with E-state index in [1.807, 2.05) is 109 Å². The van der Waals surface area contributed by atoms with E-state index in [1.54, 1.807) is 12.7 Å². The summed E-state index contributed by atoms with van der Waals surface area (Å²) in [6.45, 7) is 8.31. The van der Waals surface area contributed by atoms with Gasteiger partial charge >= 0.3 is 0 Å². The van der Waals surface area contributed by atoms with Crippen LogP contribution in [-0.2, 0) is 4.74 Å². The summed E-state index contributed by atoms with van der Waals surface area (Å²) >= 11 is 7.07. The van der Waals surface area contributed by atoms with E-state index in [0.717, 1.165) is 94.6 Å². The maximum absolute atomic E-state index is 5.57. The van der Waals surface area contributed by atoms with Gasteiger partial charge in [-0.2, -0.15) is 0 Å². The third-order valence-corrected chi connectivity index (χ3v) is 10.3. The van der Waals surface area contributed by atoms with Gasteiger partial charge < -0.3 is 15.4 Å². The molecule has 1 saturated heterocycles. The van der Waals surface area contributed by atoms with E-state index < -0.39 is 0 Å². The second-order valence-electron chi connectivity index (χ2n) is 13.6. The topological polar surface area (TPSA) is 147 Å². The van der Waals surface area contributed by atoms with Crippen LogP contribution < -0.4 is 10.6 Å². The first-order valence-electron chi connectivity index (χ1n) is 18.7. The SMILES string of the molecule is CN(CCN(CCN1CCOCC1)CCN(C)N=Nc1ccc2ncnc(Nc3cccc(Br)c3)c2c1)N=Nc1ccc2ncnc(Nc3cccc(Br)c3)c2c1. The van der Waals surface area contributed by atoms with Crippen LogP contribution in [0.2, 0.25) is 0 Å². The normalized spacial score (nSPS) is 13.6. The summed E-state index contributed by atoms with van der Waals surface area (Å²) in [7, 11) is 3.89. The Morgan fingerprint density at radius 2 is 1.14 bits per heavy atom. The number of nitrogens with one attached hydrogen (secondary N) is 2. The van der Waals surface area contributed by atoms with E-state index in [2.05, 4.69) is 92.9 Å². The largest absolute Gasteiger partial charge is 0.379 e. The molecule has 0 bridgehead atoms. The predicted octanol–water partition coefficient (Wildman–Crippen LogP) is 8.78. The lowest BCUT2D eigenvalue weighted by Crippen LogP contribution is -2.44. The zero-order chi connectivity index (χ0) is 39.4. The highest BCUT2D eigenvalue weighted by Gasteiger charge is 2.14. The zero-order valence-electron chi connectivity index (χ0n) is 31.8. The van der Waals surface area contributed by atoms with Crippen molar-refractivity contribution in [1.29, 1.82) is 0 Å². The minimum Gasteiger partial charge on any atom is -0.379 e. The molecule has 0 unspecified atom stereocenters. The van der Waals surface area contributed by atoms with Gasteiger partial charge in [0.2, 0.25) is 0 Å². The summed E-state index contributed by atoms with van der Waals surface area (Å²) in [5.74, 6) is 1.41. The Hall–Kier alpha value is -5.20. The van der Waals surface area contributed by atoms with E-state index in [9.17, 15) is 0 Å². The Bertz CT molecular complexity index is 2170. The fraction of sp³-hybridized carbons (Fsp3) is 0.300. The molecular formula is C40H44Br2N14O. The first-order chi connectivity index (χ1) is 27.8. The van der Waals surface area contributed by atoms with Crippen LogP contribution in [0.25, 0.3) is 21.8 Å². The van der Waals surface area contributed by atoms with Gasteiger partial charge in [0.25, 0.3) is 0 Å². The zero-order valence-corrected chi connectivity index (χ0v) is 35.0. The summed E-state index contributed by atoms with van der Waals surface area (Å²) in [6.07, 6.45) is 3.12. The molecule has 7 rings (SSSR count). The van der Waals surface area contributed by atoms with E-state index >= 15 is 0 Å². The van der Waals surface area contributed by atoms with Gasteiger partial charge in [-0.25, -0.2) is 19.9 Å². The van der Waals surface area contributed by atoms with Gasteiger partial charge in [-0.3, -0.25) is 19.8 Å². The summed E-state index contributed by atoms with van der Waals surface area (Å²) in [6, 6.07) is 27.5. The van der Waals surface area contributed by atoms with Crippen molar-refractivity contribution in [3.8, 4) is 0 Å². The van der Waals surface area contributed by atoms with Crippen molar-refractivity contribution >= 4 is 88.1 Å². The van der Waals surface area contributed by atoms with Gasteiger partial charge in [0, 0.05) is 84.5 Å². The molecule has 6 aromatic rings. The molecule has 2 N–H and O–H groups in total. The highest BCUT2D eigenvalue weighted by atomic mass is 79.9. The van der Waals surface area contributed by atoms with Crippen molar-refractivity contribution in [3.63, 3.8) is 0 Å². The molecule has 4 aromatic carbocycles. The summed E-state index contributed by atoms with van der Waals surface area (Å²) in [4.78, 5) is 22.8. The first-order valence-corrected chi connectivity index (χ1v) is 20.3. The number of nitrogens with zero attached hydrogens (tertiary/aromatic N) is 12. The van der Waals surface area contributed by atoms with Crippen LogP contribution in [0.15, 0.2) is 127 Å². The van der Waals surface area contributed by atoms with Crippen LogP contribution in [0, 0.1) is 0 Å². The number of hydrogen-bond donors (Lipinski definition) is 2. The Kier molecular flexibility index (Phi) is 13.9. The number of ether oxygens (including phenoxy) is 1. The quantitative estimate of drug-likeness (QED) is 0.0669. The molecule has 3 heterocycles. The minimum absolute atomic E-state index is 0.694. The Morgan fingerprint density at radius 3 is 1.63 bits per heavy atom. The molecule has 15 nitrogen and oxygen atoms in total. The van der Waals surface area contributed by atoms with Crippen molar-refractivity contribution in [1.82, 2.24) is 39.8 Å². The lowest BCUT2D eigenvalue weighted by molar-refractivity contribution is 0.0325. The molecule has 2 aromatic heterocycles. The number of rotatable bonds is 17. The van der Waals surface area contributed by atoms with Crippen molar-refractivity contribution in [2.75, 3.05) is 90.3 Å². The molecule has 17 heteroatoms. The molecule has 0 atom stereocenters. The average Bonchev–Trinajstić information content (AvgIpc) is 3.22. The van der Waals surface area contributed by atoms with Crippen LogP contribution in [0.1, 0.15) is 0 Å². The Balaban J connectivity index is 0.964. The number of halogens is 2.